The van der Waals surface area contributed by atoms with Crippen LogP contribution in [0.4, 0.5) is 5.82 Å². The van der Waals surface area contributed by atoms with Crippen molar-refractivity contribution in [3.63, 3.8) is 0 Å². The van der Waals surface area contributed by atoms with Crippen molar-refractivity contribution in [2.45, 2.75) is 44.2 Å². The van der Waals surface area contributed by atoms with E-state index >= 15 is 0 Å². The first-order valence-electron chi connectivity index (χ1n) is 7.05. The van der Waals surface area contributed by atoms with E-state index in [9.17, 15) is 9.90 Å². The van der Waals surface area contributed by atoms with Crippen LogP contribution in [-0.4, -0.2) is 46.8 Å². The molecule has 2 heterocycles. The number of carbonyl (C=O) groups is 1. The molecule has 0 saturated carbocycles. The summed E-state index contributed by atoms with van der Waals surface area (Å²) in [4.78, 5) is 22.1. The van der Waals surface area contributed by atoms with Gasteiger partial charge in [0.15, 0.2) is 0 Å². The predicted octanol–water partition coefficient (Wildman–Crippen LogP) is 1.03. The highest BCUT2D eigenvalue weighted by Gasteiger charge is 2.39. The Balaban J connectivity index is 1.97. The molecule has 0 amide bonds. The molecule has 6 nitrogen and oxygen atoms in total. The third-order valence-corrected chi connectivity index (χ3v) is 4.26. The Hall–Kier alpha value is -1.69. The maximum absolute atomic E-state index is 11.5. The number of rotatable bonds is 3. The van der Waals surface area contributed by atoms with Gasteiger partial charge in [-0.25, -0.2) is 14.8 Å². The maximum Gasteiger partial charge on any atom is 0.326 e. The third-order valence-electron chi connectivity index (χ3n) is 4.26. The summed E-state index contributed by atoms with van der Waals surface area (Å²) < 4.78 is 5.34. The van der Waals surface area contributed by atoms with Gasteiger partial charge in [-0.05, 0) is 25.7 Å². The van der Waals surface area contributed by atoms with Gasteiger partial charge in [-0.2, -0.15) is 0 Å². The molecule has 6 heteroatoms. The molecular formula is C14H19N3O3. The van der Waals surface area contributed by atoms with Gasteiger partial charge >= 0.3 is 5.97 Å². The quantitative estimate of drug-likeness (QED) is 0.889. The second kappa shape index (κ2) is 5.36. The number of methoxy groups -OCH3 is 1. The van der Waals surface area contributed by atoms with Crippen LogP contribution < -0.4 is 4.90 Å². The van der Waals surface area contributed by atoms with E-state index in [1.54, 1.807) is 13.4 Å². The molecule has 2 aliphatic rings. The van der Waals surface area contributed by atoms with E-state index in [1.165, 1.54) is 0 Å². The summed E-state index contributed by atoms with van der Waals surface area (Å²) in [5, 5.41) is 9.42. The number of aromatic nitrogens is 2. The molecular weight excluding hydrogens is 258 g/mol. The third kappa shape index (κ3) is 2.24. The van der Waals surface area contributed by atoms with E-state index in [0.717, 1.165) is 42.8 Å². The molecule has 1 N–H and O–H groups in total. The van der Waals surface area contributed by atoms with Crippen LogP contribution in [0.15, 0.2) is 6.33 Å². The number of carboxylic acids is 1. The normalized spacial score (nSPS) is 25.6. The molecule has 20 heavy (non-hydrogen) atoms. The van der Waals surface area contributed by atoms with Crippen LogP contribution in [0.1, 0.15) is 30.5 Å². The number of aliphatic carboxylic acids is 1. The van der Waals surface area contributed by atoms with E-state index in [0.29, 0.717) is 13.0 Å². The SMILES string of the molecule is COC1CC(C(=O)O)N(c2ncnc3c2CCCC3)C1. The Labute approximate surface area is 117 Å². The average Bonchev–Trinajstić information content (AvgIpc) is 2.91. The second-order valence-corrected chi connectivity index (χ2v) is 5.43. The smallest absolute Gasteiger partial charge is 0.326 e. The van der Waals surface area contributed by atoms with Gasteiger partial charge in [0.1, 0.15) is 18.2 Å². The van der Waals surface area contributed by atoms with Crippen molar-refractivity contribution in [1.82, 2.24) is 9.97 Å². The number of carboxylic acid groups (broad SMARTS) is 1. The Kier molecular flexibility index (Phi) is 3.56. The standard InChI is InChI=1S/C14H19N3O3/c1-20-9-6-12(14(18)19)17(7-9)13-10-4-2-3-5-11(10)15-8-16-13/h8-9,12H,2-7H2,1H3,(H,18,19). The van der Waals surface area contributed by atoms with Crippen LogP contribution in [0.2, 0.25) is 0 Å². The molecule has 1 saturated heterocycles. The van der Waals surface area contributed by atoms with E-state index in [2.05, 4.69) is 9.97 Å². The van der Waals surface area contributed by atoms with Gasteiger partial charge in [-0.15, -0.1) is 0 Å². The first kappa shape index (κ1) is 13.3. The van der Waals surface area contributed by atoms with Gasteiger partial charge < -0.3 is 14.7 Å². The molecule has 2 unspecified atom stereocenters. The Morgan fingerprint density at radius 2 is 2.20 bits per heavy atom. The fraction of sp³-hybridized carbons (Fsp3) is 0.643. The van der Waals surface area contributed by atoms with E-state index in [4.69, 9.17) is 4.74 Å². The molecule has 1 aromatic heterocycles. The molecule has 108 valence electrons. The monoisotopic (exact) mass is 277 g/mol. The molecule has 0 aromatic carbocycles. The van der Waals surface area contributed by atoms with Crippen LogP contribution in [0, 0.1) is 0 Å². The predicted molar refractivity (Wildman–Crippen MR) is 72.9 cm³/mol. The lowest BCUT2D eigenvalue weighted by molar-refractivity contribution is -0.138. The van der Waals surface area contributed by atoms with Crippen molar-refractivity contribution in [1.29, 1.82) is 0 Å². The van der Waals surface area contributed by atoms with Crippen LogP contribution in [0.5, 0.6) is 0 Å². The molecule has 0 radical (unpaired) electrons. The largest absolute Gasteiger partial charge is 0.480 e. The zero-order chi connectivity index (χ0) is 14.1. The topological polar surface area (TPSA) is 75.6 Å². The van der Waals surface area contributed by atoms with Gasteiger partial charge in [0.2, 0.25) is 0 Å². The van der Waals surface area contributed by atoms with Crippen molar-refractivity contribution in [3.05, 3.63) is 17.6 Å². The fourth-order valence-corrected chi connectivity index (χ4v) is 3.19. The summed E-state index contributed by atoms with van der Waals surface area (Å²) in [5.74, 6) is -0.0191. The molecule has 1 aromatic rings. The summed E-state index contributed by atoms with van der Waals surface area (Å²) in [5.41, 5.74) is 2.20. The van der Waals surface area contributed by atoms with Crippen LogP contribution in [0.25, 0.3) is 0 Å². The lowest BCUT2D eigenvalue weighted by atomic mass is 9.96. The first-order chi connectivity index (χ1) is 9.70. The zero-order valence-corrected chi connectivity index (χ0v) is 11.6. The van der Waals surface area contributed by atoms with E-state index in [1.807, 2.05) is 4.90 Å². The van der Waals surface area contributed by atoms with Gasteiger partial charge in [0, 0.05) is 31.3 Å². The molecule has 0 spiro atoms. The molecule has 1 aliphatic carbocycles. The van der Waals surface area contributed by atoms with Gasteiger partial charge in [0.05, 0.1) is 6.10 Å². The number of hydrogen-bond acceptors (Lipinski definition) is 5. The van der Waals surface area contributed by atoms with Gasteiger partial charge in [-0.3, -0.25) is 0 Å². The summed E-state index contributed by atoms with van der Waals surface area (Å²) in [6.45, 7) is 0.580. The Bertz CT molecular complexity index is 520. The number of ether oxygens (including phenoxy) is 1. The van der Waals surface area contributed by atoms with Gasteiger partial charge in [0.25, 0.3) is 0 Å². The van der Waals surface area contributed by atoms with Crippen molar-refractivity contribution >= 4 is 11.8 Å². The van der Waals surface area contributed by atoms with Crippen LogP contribution >= 0.6 is 0 Å². The minimum absolute atomic E-state index is 0.0506. The summed E-state index contributed by atoms with van der Waals surface area (Å²) in [6, 6.07) is -0.555. The number of fused-ring (bicyclic) bond motifs is 1. The van der Waals surface area contributed by atoms with Crippen molar-refractivity contribution in [2.24, 2.45) is 0 Å². The lowest BCUT2D eigenvalue weighted by Crippen LogP contribution is -2.37. The summed E-state index contributed by atoms with van der Waals surface area (Å²) >= 11 is 0. The molecule has 1 fully saturated rings. The highest BCUT2D eigenvalue weighted by Crippen LogP contribution is 2.32. The highest BCUT2D eigenvalue weighted by molar-refractivity contribution is 5.79. The minimum atomic E-state index is -0.812. The summed E-state index contributed by atoms with van der Waals surface area (Å²) in [6.07, 6.45) is 6.17. The molecule has 2 atom stereocenters. The zero-order valence-electron chi connectivity index (χ0n) is 11.6. The molecule has 0 bridgehead atoms. The van der Waals surface area contributed by atoms with Crippen LogP contribution in [0.3, 0.4) is 0 Å². The van der Waals surface area contributed by atoms with Crippen molar-refractivity contribution in [2.75, 3.05) is 18.6 Å². The first-order valence-corrected chi connectivity index (χ1v) is 7.05. The average molecular weight is 277 g/mol. The molecule has 3 rings (SSSR count). The maximum atomic E-state index is 11.5. The highest BCUT2D eigenvalue weighted by atomic mass is 16.5. The fourth-order valence-electron chi connectivity index (χ4n) is 3.19. The summed E-state index contributed by atoms with van der Waals surface area (Å²) in [7, 11) is 1.63. The number of anilines is 1. The number of hydrogen-bond donors (Lipinski definition) is 1. The van der Waals surface area contributed by atoms with Crippen molar-refractivity contribution in [3.8, 4) is 0 Å². The van der Waals surface area contributed by atoms with E-state index < -0.39 is 12.0 Å². The molecule has 1 aliphatic heterocycles. The number of nitrogens with zero attached hydrogens (tertiary/aromatic N) is 3. The Morgan fingerprint density at radius 1 is 1.40 bits per heavy atom. The minimum Gasteiger partial charge on any atom is -0.480 e. The lowest BCUT2D eigenvalue weighted by Gasteiger charge is -2.27. The van der Waals surface area contributed by atoms with Crippen molar-refractivity contribution < 1.29 is 14.6 Å². The van der Waals surface area contributed by atoms with Gasteiger partial charge in [-0.1, -0.05) is 0 Å². The number of aryl methyl sites for hydroxylation is 1. The van der Waals surface area contributed by atoms with Crippen LogP contribution in [-0.2, 0) is 22.4 Å². The Morgan fingerprint density at radius 3 is 2.95 bits per heavy atom. The second-order valence-electron chi connectivity index (χ2n) is 5.43. The van der Waals surface area contributed by atoms with E-state index in [-0.39, 0.29) is 6.10 Å².